The van der Waals surface area contributed by atoms with Crippen molar-refractivity contribution in [3.63, 3.8) is 0 Å². The third-order valence-electron chi connectivity index (χ3n) is 7.43. The van der Waals surface area contributed by atoms with Crippen LogP contribution in [0.25, 0.3) is 0 Å². The van der Waals surface area contributed by atoms with E-state index in [9.17, 15) is 18.5 Å². The second kappa shape index (κ2) is 9.79. The summed E-state index contributed by atoms with van der Waals surface area (Å²) < 4.78 is 28.5. The molecule has 1 fully saturated rings. The van der Waals surface area contributed by atoms with E-state index >= 15 is 0 Å². The van der Waals surface area contributed by atoms with E-state index in [4.69, 9.17) is 0 Å². The second-order valence-corrected chi connectivity index (χ2v) is 11.9. The number of sulfonamides is 1. The van der Waals surface area contributed by atoms with Crippen LogP contribution in [-0.2, 0) is 23.0 Å². The Bertz CT molecular complexity index is 1440. The van der Waals surface area contributed by atoms with Gasteiger partial charge in [-0.25, -0.2) is 8.42 Å². The van der Waals surface area contributed by atoms with Crippen molar-refractivity contribution in [1.82, 2.24) is 4.31 Å². The predicted octanol–water partition coefficient (Wildman–Crippen LogP) is 4.59. The minimum atomic E-state index is -3.61. The maximum absolute atomic E-state index is 13.5. The van der Waals surface area contributed by atoms with Crippen molar-refractivity contribution in [2.45, 2.75) is 38.6 Å². The molecule has 2 heterocycles. The number of rotatable bonds is 5. The van der Waals surface area contributed by atoms with Gasteiger partial charge in [-0.2, -0.15) is 4.31 Å². The lowest BCUT2D eigenvalue weighted by molar-refractivity contribution is -0.384. The first-order valence-electron chi connectivity index (χ1n) is 12.6. The van der Waals surface area contributed by atoms with Crippen LogP contribution in [0.1, 0.15) is 27.8 Å². The third-order valence-corrected chi connectivity index (χ3v) is 9.64. The highest BCUT2D eigenvalue weighted by Gasteiger charge is 2.32. The van der Waals surface area contributed by atoms with Crippen LogP contribution in [0.3, 0.4) is 0 Å². The summed E-state index contributed by atoms with van der Waals surface area (Å²) in [4.78, 5) is 16.1. The van der Waals surface area contributed by atoms with Crippen molar-refractivity contribution in [1.29, 1.82) is 0 Å². The minimum Gasteiger partial charge on any atom is -0.369 e. The normalized spacial score (nSPS) is 16.5. The summed E-state index contributed by atoms with van der Waals surface area (Å²) in [5.74, 6) is 0. The Hall–Kier alpha value is -3.43. The summed E-state index contributed by atoms with van der Waals surface area (Å²) in [5, 5.41) is 11.9. The smallest absolute Gasteiger partial charge is 0.292 e. The Morgan fingerprint density at radius 1 is 0.811 bits per heavy atom. The molecule has 0 spiro atoms. The van der Waals surface area contributed by atoms with Crippen LogP contribution in [0.2, 0.25) is 0 Å². The van der Waals surface area contributed by atoms with Gasteiger partial charge in [0.2, 0.25) is 10.0 Å². The minimum absolute atomic E-state index is 0.0923. The Balaban J connectivity index is 1.37. The molecule has 5 rings (SSSR count). The summed E-state index contributed by atoms with van der Waals surface area (Å²) in [5.41, 5.74) is 6.63. The largest absolute Gasteiger partial charge is 0.369 e. The Labute approximate surface area is 218 Å². The van der Waals surface area contributed by atoms with E-state index in [1.807, 2.05) is 51.1 Å². The molecule has 0 bridgehead atoms. The first-order chi connectivity index (χ1) is 17.6. The van der Waals surface area contributed by atoms with Crippen LogP contribution < -0.4 is 9.80 Å². The van der Waals surface area contributed by atoms with Crippen LogP contribution >= 0.6 is 0 Å². The molecule has 0 aromatic heterocycles. The molecule has 0 N–H and O–H groups in total. The number of hydrogen-bond acceptors (Lipinski definition) is 6. The molecule has 0 radical (unpaired) electrons. The van der Waals surface area contributed by atoms with Crippen LogP contribution in [0.4, 0.5) is 17.1 Å². The Morgan fingerprint density at radius 3 is 2.11 bits per heavy atom. The lowest BCUT2D eigenvalue weighted by Crippen LogP contribution is -2.49. The van der Waals surface area contributed by atoms with Gasteiger partial charge in [0.1, 0.15) is 5.69 Å². The lowest BCUT2D eigenvalue weighted by Gasteiger charge is -2.36. The summed E-state index contributed by atoms with van der Waals surface area (Å²) in [6.07, 6.45) is 0.839. The highest BCUT2D eigenvalue weighted by molar-refractivity contribution is 7.89. The number of nitrogens with zero attached hydrogens (tertiary/aromatic N) is 4. The molecule has 37 heavy (non-hydrogen) atoms. The van der Waals surface area contributed by atoms with Crippen molar-refractivity contribution in [2.75, 3.05) is 42.5 Å². The molecule has 0 amide bonds. The fraction of sp³-hybridized carbons (Fsp3) is 0.357. The molecule has 0 saturated carbocycles. The summed E-state index contributed by atoms with van der Waals surface area (Å²) in [6, 6.07) is 17.3. The molecular formula is C28H32N4O4S. The first-order valence-corrected chi connectivity index (χ1v) is 14.0. The highest BCUT2D eigenvalue weighted by atomic mass is 32.2. The molecule has 0 unspecified atom stereocenters. The first kappa shape index (κ1) is 25.2. The zero-order valence-electron chi connectivity index (χ0n) is 21.5. The molecule has 0 aliphatic carbocycles. The molecule has 3 aromatic rings. The number of aryl methyl sites for hydroxylation is 3. The van der Waals surface area contributed by atoms with Crippen molar-refractivity contribution < 1.29 is 13.3 Å². The lowest BCUT2D eigenvalue weighted by atomic mass is 9.99. The number of anilines is 2. The van der Waals surface area contributed by atoms with Gasteiger partial charge >= 0.3 is 0 Å². The average molecular weight is 521 g/mol. The summed E-state index contributed by atoms with van der Waals surface area (Å²) >= 11 is 0. The maximum atomic E-state index is 13.5. The number of nitro benzene ring substituents is 1. The fourth-order valence-corrected chi connectivity index (χ4v) is 7.54. The summed E-state index contributed by atoms with van der Waals surface area (Å²) in [6.45, 7) is 8.76. The molecule has 194 valence electrons. The van der Waals surface area contributed by atoms with Gasteiger partial charge in [-0.05, 0) is 61.6 Å². The van der Waals surface area contributed by atoms with Gasteiger partial charge in [-0.3, -0.25) is 10.1 Å². The zero-order valence-corrected chi connectivity index (χ0v) is 22.3. The van der Waals surface area contributed by atoms with Gasteiger partial charge in [0, 0.05) is 51.0 Å². The molecule has 1 saturated heterocycles. The van der Waals surface area contributed by atoms with E-state index in [1.54, 1.807) is 16.4 Å². The van der Waals surface area contributed by atoms with Gasteiger partial charge in [-0.1, -0.05) is 42.0 Å². The van der Waals surface area contributed by atoms with Gasteiger partial charge in [0.15, 0.2) is 0 Å². The van der Waals surface area contributed by atoms with Gasteiger partial charge in [0.05, 0.1) is 9.82 Å². The topological polar surface area (TPSA) is 87.0 Å². The number of nitro groups is 1. The van der Waals surface area contributed by atoms with E-state index in [0.717, 1.165) is 28.8 Å². The van der Waals surface area contributed by atoms with E-state index in [-0.39, 0.29) is 10.6 Å². The maximum Gasteiger partial charge on any atom is 0.292 e. The van der Waals surface area contributed by atoms with Crippen molar-refractivity contribution in [2.24, 2.45) is 0 Å². The van der Waals surface area contributed by atoms with E-state index in [1.165, 1.54) is 11.1 Å². The van der Waals surface area contributed by atoms with Crippen LogP contribution in [0.5, 0.6) is 0 Å². The average Bonchev–Trinajstić information content (AvgIpc) is 2.87. The van der Waals surface area contributed by atoms with Crippen LogP contribution in [-0.4, -0.2) is 50.4 Å². The Kier molecular flexibility index (Phi) is 6.68. The van der Waals surface area contributed by atoms with Crippen molar-refractivity contribution in [3.8, 4) is 0 Å². The van der Waals surface area contributed by atoms with Crippen molar-refractivity contribution >= 4 is 27.1 Å². The van der Waals surface area contributed by atoms with E-state index in [0.29, 0.717) is 49.9 Å². The van der Waals surface area contributed by atoms with E-state index < -0.39 is 10.0 Å². The second-order valence-electron chi connectivity index (χ2n) is 9.99. The number of piperazine rings is 1. The monoisotopic (exact) mass is 520 g/mol. The molecule has 2 aliphatic rings. The molecular weight excluding hydrogens is 488 g/mol. The van der Waals surface area contributed by atoms with Gasteiger partial charge in [-0.15, -0.1) is 0 Å². The van der Waals surface area contributed by atoms with Gasteiger partial charge in [0.25, 0.3) is 5.69 Å². The van der Waals surface area contributed by atoms with Crippen LogP contribution in [0.15, 0.2) is 59.5 Å². The fourth-order valence-electron chi connectivity index (χ4n) is 5.71. The standard InChI is InChI=1S/C28H32N4O4S/c1-20-16-21(2)28(22(3)17-20)37(35,36)31-14-12-29(13-15-31)25-8-9-26(32(33)34)27(18-25)30-11-10-23-6-4-5-7-24(23)19-30/h4-9,16-18H,10-15,19H2,1-3H3. The predicted molar refractivity (Wildman–Crippen MR) is 146 cm³/mol. The molecule has 3 aromatic carbocycles. The zero-order chi connectivity index (χ0) is 26.3. The number of fused-ring (bicyclic) bond motifs is 1. The van der Waals surface area contributed by atoms with Crippen molar-refractivity contribution in [3.05, 3.63) is 92.5 Å². The molecule has 8 nitrogen and oxygen atoms in total. The molecule has 2 aliphatic heterocycles. The van der Waals surface area contributed by atoms with E-state index in [2.05, 4.69) is 21.9 Å². The number of hydrogen-bond donors (Lipinski definition) is 0. The number of benzene rings is 3. The Morgan fingerprint density at radius 2 is 1.46 bits per heavy atom. The molecule has 9 heteroatoms. The van der Waals surface area contributed by atoms with Crippen LogP contribution in [0, 0.1) is 30.9 Å². The SMILES string of the molecule is Cc1cc(C)c(S(=O)(=O)N2CCN(c3ccc([N+](=O)[O-])c(N4CCc5ccccc5C4)c3)CC2)c(C)c1. The summed E-state index contributed by atoms with van der Waals surface area (Å²) in [7, 11) is -3.61. The highest BCUT2D eigenvalue weighted by Crippen LogP contribution is 2.36. The quantitative estimate of drug-likeness (QED) is 0.361. The van der Waals surface area contributed by atoms with Gasteiger partial charge < -0.3 is 9.80 Å². The third kappa shape index (κ3) is 4.81. The molecule has 0 atom stereocenters.